The number of aliphatic hydroxyl groups excluding tert-OH is 1. The third-order valence-corrected chi connectivity index (χ3v) is 2.72. The largest absolute Gasteiger partial charge is 0.387 e. The first-order valence-electron chi connectivity index (χ1n) is 5.16. The van der Waals surface area contributed by atoms with Gasteiger partial charge in [-0.25, -0.2) is 0 Å². The molecule has 0 fully saturated rings. The molecule has 3 heteroatoms. The molecule has 1 aromatic carbocycles. The summed E-state index contributed by atoms with van der Waals surface area (Å²) in [6, 6.07) is 5.30. The van der Waals surface area contributed by atoms with Gasteiger partial charge in [-0.3, -0.25) is 0 Å². The molecule has 0 radical (unpaired) electrons. The second-order valence-electron chi connectivity index (χ2n) is 4.23. The van der Waals surface area contributed by atoms with Gasteiger partial charge in [0.25, 0.3) is 0 Å². The van der Waals surface area contributed by atoms with Crippen LogP contribution < -0.4 is 5.73 Å². The first-order valence-corrected chi connectivity index (χ1v) is 5.54. The van der Waals surface area contributed by atoms with Crippen LogP contribution in [0.25, 0.3) is 0 Å². The maximum absolute atomic E-state index is 9.97. The Labute approximate surface area is 96.1 Å². The van der Waals surface area contributed by atoms with Crippen LogP contribution in [0.5, 0.6) is 0 Å². The zero-order chi connectivity index (χ0) is 11.6. The fraction of sp³-hybridized carbons (Fsp3) is 0.500. The van der Waals surface area contributed by atoms with Crippen LogP contribution in [0.15, 0.2) is 18.2 Å². The second kappa shape index (κ2) is 4.97. The fourth-order valence-corrected chi connectivity index (χ4v) is 1.79. The first-order chi connectivity index (χ1) is 6.93. The number of hydrogen-bond acceptors (Lipinski definition) is 2. The van der Waals surface area contributed by atoms with E-state index in [9.17, 15) is 5.11 Å². The number of benzene rings is 1. The van der Waals surface area contributed by atoms with Gasteiger partial charge in [-0.15, -0.1) is 0 Å². The lowest BCUT2D eigenvalue weighted by molar-refractivity contribution is 0.152. The molecule has 0 spiro atoms. The van der Waals surface area contributed by atoms with E-state index in [-0.39, 0.29) is 6.04 Å². The zero-order valence-electron chi connectivity index (χ0n) is 9.37. The van der Waals surface area contributed by atoms with Crippen molar-refractivity contribution in [2.75, 3.05) is 0 Å². The zero-order valence-corrected chi connectivity index (χ0v) is 10.1. The Bertz CT molecular complexity index is 336. The lowest BCUT2D eigenvalue weighted by Crippen LogP contribution is -2.25. The van der Waals surface area contributed by atoms with Crippen LogP contribution >= 0.6 is 11.6 Å². The number of halogens is 1. The van der Waals surface area contributed by atoms with E-state index in [4.69, 9.17) is 17.3 Å². The number of hydrogen-bond donors (Lipinski definition) is 2. The molecule has 3 N–H and O–H groups in total. The van der Waals surface area contributed by atoms with Crippen molar-refractivity contribution in [3.05, 3.63) is 34.3 Å². The van der Waals surface area contributed by atoms with Crippen molar-refractivity contribution in [2.24, 2.45) is 5.73 Å². The molecule has 0 saturated heterocycles. The van der Waals surface area contributed by atoms with Gasteiger partial charge in [0, 0.05) is 11.1 Å². The van der Waals surface area contributed by atoms with Crippen LogP contribution in [0.2, 0.25) is 5.02 Å². The maximum atomic E-state index is 9.97. The first kappa shape index (κ1) is 12.5. The molecule has 0 aliphatic heterocycles. The van der Waals surface area contributed by atoms with Crippen molar-refractivity contribution in [3.8, 4) is 0 Å². The van der Waals surface area contributed by atoms with Crippen molar-refractivity contribution in [2.45, 2.75) is 38.8 Å². The van der Waals surface area contributed by atoms with Gasteiger partial charge < -0.3 is 10.8 Å². The van der Waals surface area contributed by atoms with Gasteiger partial charge in [-0.2, -0.15) is 0 Å². The number of nitrogens with two attached hydrogens (primary N) is 1. The third kappa shape index (κ3) is 2.94. The van der Waals surface area contributed by atoms with Gasteiger partial charge in [0.2, 0.25) is 0 Å². The molecule has 0 aliphatic rings. The predicted molar refractivity (Wildman–Crippen MR) is 64.2 cm³/mol. The van der Waals surface area contributed by atoms with Gasteiger partial charge >= 0.3 is 0 Å². The van der Waals surface area contributed by atoms with E-state index in [1.807, 2.05) is 12.1 Å². The van der Waals surface area contributed by atoms with Crippen LogP contribution in [0.4, 0.5) is 0 Å². The van der Waals surface area contributed by atoms with Gasteiger partial charge in [0.05, 0.1) is 6.10 Å². The minimum absolute atomic E-state index is 0.291. The summed E-state index contributed by atoms with van der Waals surface area (Å²) in [5.41, 5.74) is 7.64. The van der Waals surface area contributed by atoms with Gasteiger partial charge in [0.15, 0.2) is 0 Å². The lowest BCUT2D eigenvalue weighted by Gasteiger charge is -2.20. The average molecular weight is 228 g/mol. The summed E-state index contributed by atoms with van der Waals surface area (Å²) in [7, 11) is 0. The van der Waals surface area contributed by atoms with E-state index in [0.29, 0.717) is 10.9 Å². The van der Waals surface area contributed by atoms with Gasteiger partial charge in [-0.05, 0) is 36.1 Å². The molecule has 1 aromatic rings. The van der Waals surface area contributed by atoms with Crippen molar-refractivity contribution in [1.29, 1.82) is 0 Å². The quantitative estimate of drug-likeness (QED) is 0.834. The Balaban J connectivity index is 3.18. The molecule has 84 valence electrons. The standard InChI is InChI=1S/C12H18ClNO/c1-7(2)10-5-4-9(13)6-11(10)12(15)8(3)14/h4-8,12,15H,14H2,1-3H3. The van der Waals surface area contributed by atoms with E-state index < -0.39 is 6.10 Å². The minimum Gasteiger partial charge on any atom is -0.387 e. The molecule has 1 rings (SSSR count). The SMILES string of the molecule is CC(C)c1ccc(Cl)cc1C(O)C(C)N. The topological polar surface area (TPSA) is 46.2 Å². The average Bonchev–Trinajstić information content (AvgIpc) is 2.15. The van der Waals surface area contributed by atoms with Crippen LogP contribution in [0.3, 0.4) is 0 Å². The molecule has 0 aromatic heterocycles. The summed E-state index contributed by atoms with van der Waals surface area (Å²) < 4.78 is 0. The molecule has 2 unspecified atom stereocenters. The summed E-state index contributed by atoms with van der Waals surface area (Å²) in [5, 5.41) is 10.6. The highest BCUT2D eigenvalue weighted by Crippen LogP contribution is 2.28. The van der Waals surface area contributed by atoms with Crippen LogP contribution in [-0.2, 0) is 0 Å². The monoisotopic (exact) mass is 227 g/mol. The van der Waals surface area contributed by atoms with Crippen molar-refractivity contribution >= 4 is 11.6 Å². The molecule has 0 amide bonds. The van der Waals surface area contributed by atoms with Crippen LogP contribution in [0.1, 0.15) is 43.9 Å². The minimum atomic E-state index is -0.652. The Kier molecular flexibility index (Phi) is 4.14. The molecule has 0 bridgehead atoms. The Hall–Kier alpha value is -0.570. The Morgan fingerprint density at radius 3 is 2.27 bits per heavy atom. The summed E-state index contributed by atoms with van der Waals surface area (Å²) in [4.78, 5) is 0. The van der Waals surface area contributed by atoms with E-state index >= 15 is 0 Å². The molecular formula is C12H18ClNO. The Morgan fingerprint density at radius 2 is 1.80 bits per heavy atom. The van der Waals surface area contributed by atoms with Gasteiger partial charge in [-0.1, -0.05) is 31.5 Å². The molecule has 0 aliphatic carbocycles. The predicted octanol–water partition coefficient (Wildman–Crippen LogP) is 2.84. The fourth-order valence-electron chi connectivity index (χ4n) is 1.61. The molecule has 2 atom stereocenters. The van der Waals surface area contributed by atoms with E-state index in [0.717, 1.165) is 11.1 Å². The molecule has 0 saturated carbocycles. The lowest BCUT2D eigenvalue weighted by atomic mass is 9.92. The summed E-state index contributed by atoms with van der Waals surface area (Å²) in [6.07, 6.45) is -0.652. The Morgan fingerprint density at radius 1 is 1.20 bits per heavy atom. The van der Waals surface area contributed by atoms with E-state index in [2.05, 4.69) is 13.8 Å². The van der Waals surface area contributed by atoms with Crippen molar-refractivity contribution < 1.29 is 5.11 Å². The summed E-state index contributed by atoms with van der Waals surface area (Å²) in [5.74, 6) is 0.352. The normalized spacial score (nSPS) is 15.4. The van der Waals surface area contributed by atoms with E-state index in [1.54, 1.807) is 13.0 Å². The number of aliphatic hydroxyl groups is 1. The highest BCUT2D eigenvalue weighted by Gasteiger charge is 2.18. The molecular weight excluding hydrogens is 210 g/mol. The smallest absolute Gasteiger partial charge is 0.0941 e. The van der Waals surface area contributed by atoms with E-state index in [1.165, 1.54) is 0 Å². The number of rotatable bonds is 3. The second-order valence-corrected chi connectivity index (χ2v) is 4.67. The van der Waals surface area contributed by atoms with Crippen molar-refractivity contribution in [1.82, 2.24) is 0 Å². The maximum Gasteiger partial charge on any atom is 0.0941 e. The highest BCUT2D eigenvalue weighted by molar-refractivity contribution is 6.30. The highest BCUT2D eigenvalue weighted by atomic mass is 35.5. The summed E-state index contributed by atoms with van der Waals surface area (Å²) >= 11 is 5.92. The van der Waals surface area contributed by atoms with Crippen LogP contribution in [0, 0.1) is 0 Å². The molecule has 15 heavy (non-hydrogen) atoms. The van der Waals surface area contributed by atoms with Crippen molar-refractivity contribution in [3.63, 3.8) is 0 Å². The molecule has 0 heterocycles. The summed E-state index contributed by atoms with van der Waals surface area (Å²) in [6.45, 7) is 5.96. The van der Waals surface area contributed by atoms with Gasteiger partial charge in [0.1, 0.15) is 0 Å². The molecule has 2 nitrogen and oxygen atoms in total. The third-order valence-electron chi connectivity index (χ3n) is 2.49. The van der Waals surface area contributed by atoms with Crippen LogP contribution in [-0.4, -0.2) is 11.1 Å².